The van der Waals surface area contributed by atoms with Gasteiger partial charge in [-0.2, -0.15) is 0 Å². The summed E-state index contributed by atoms with van der Waals surface area (Å²) in [5, 5.41) is 0.761. The highest BCUT2D eigenvalue weighted by Gasteiger charge is 2.35. The van der Waals surface area contributed by atoms with Crippen LogP contribution < -0.4 is 5.73 Å². The topological polar surface area (TPSA) is 32.5 Å². The molecule has 1 saturated heterocycles. The van der Waals surface area contributed by atoms with Gasteiger partial charge >= 0.3 is 0 Å². The minimum atomic E-state index is -0.352. The first-order valence-corrected chi connectivity index (χ1v) is 7.80. The van der Waals surface area contributed by atoms with Crippen LogP contribution in [0.2, 0.25) is 5.02 Å². The van der Waals surface area contributed by atoms with E-state index in [9.17, 15) is 0 Å². The number of nitrogens with two attached hydrogens (primary N) is 1. The normalized spacial score (nSPS) is 22.4. The van der Waals surface area contributed by atoms with Crippen molar-refractivity contribution in [1.82, 2.24) is 9.80 Å². The van der Waals surface area contributed by atoms with E-state index in [0.29, 0.717) is 6.04 Å². The van der Waals surface area contributed by atoms with Crippen molar-refractivity contribution in [3.63, 3.8) is 0 Å². The molecule has 4 heteroatoms. The van der Waals surface area contributed by atoms with Gasteiger partial charge in [-0.25, -0.2) is 0 Å². The molecule has 1 fully saturated rings. The van der Waals surface area contributed by atoms with E-state index in [2.05, 4.69) is 42.8 Å². The Balaban J connectivity index is 2.18. The maximum atomic E-state index is 6.71. The fourth-order valence-electron chi connectivity index (χ4n) is 3.20. The Morgan fingerprint density at radius 1 is 1.20 bits per heavy atom. The number of rotatable bonds is 4. The molecule has 2 unspecified atom stereocenters. The SMILES string of the molecule is CCC(N1CCN(C)CC1)C(C)(N)c1ccc(Cl)cc1. The van der Waals surface area contributed by atoms with E-state index in [1.807, 2.05) is 12.1 Å². The number of halogens is 1. The van der Waals surface area contributed by atoms with Crippen LogP contribution >= 0.6 is 11.6 Å². The monoisotopic (exact) mass is 295 g/mol. The van der Waals surface area contributed by atoms with Crippen LogP contribution in [0.4, 0.5) is 0 Å². The smallest absolute Gasteiger partial charge is 0.0538 e. The lowest BCUT2D eigenvalue weighted by Crippen LogP contribution is -2.58. The van der Waals surface area contributed by atoms with Crippen molar-refractivity contribution in [2.75, 3.05) is 33.2 Å². The first-order valence-electron chi connectivity index (χ1n) is 7.42. The molecule has 20 heavy (non-hydrogen) atoms. The minimum absolute atomic E-state index is 0.352. The molecule has 1 aromatic carbocycles. The third-order valence-corrected chi connectivity index (χ3v) is 4.78. The van der Waals surface area contributed by atoms with Crippen molar-refractivity contribution in [2.45, 2.75) is 31.8 Å². The molecule has 0 radical (unpaired) electrons. The maximum absolute atomic E-state index is 6.71. The molecule has 1 aromatic rings. The first kappa shape index (κ1) is 15.8. The number of benzene rings is 1. The van der Waals surface area contributed by atoms with Crippen LogP contribution in [0.3, 0.4) is 0 Å². The van der Waals surface area contributed by atoms with Gasteiger partial charge in [0.25, 0.3) is 0 Å². The zero-order valence-corrected chi connectivity index (χ0v) is 13.5. The summed E-state index contributed by atoms with van der Waals surface area (Å²) < 4.78 is 0. The van der Waals surface area contributed by atoms with E-state index in [1.165, 1.54) is 0 Å². The van der Waals surface area contributed by atoms with Gasteiger partial charge in [-0.05, 0) is 38.1 Å². The van der Waals surface area contributed by atoms with Crippen LogP contribution in [0.15, 0.2) is 24.3 Å². The molecule has 1 heterocycles. The average molecular weight is 296 g/mol. The van der Waals surface area contributed by atoms with Crippen molar-refractivity contribution >= 4 is 11.6 Å². The second kappa shape index (κ2) is 6.44. The number of hydrogen-bond donors (Lipinski definition) is 1. The predicted molar refractivity (Wildman–Crippen MR) is 86.1 cm³/mol. The molecule has 0 aliphatic carbocycles. The van der Waals surface area contributed by atoms with E-state index >= 15 is 0 Å². The number of piperazine rings is 1. The summed E-state index contributed by atoms with van der Waals surface area (Å²) in [4.78, 5) is 4.91. The third-order valence-electron chi connectivity index (χ3n) is 4.52. The fraction of sp³-hybridized carbons (Fsp3) is 0.625. The van der Waals surface area contributed by atoms with Crippen molar-refractivity contribution in [3.8, 4) is 0 Å². The summed E-state index contributed by atoms with van der Waals surface area (Å²) in [7, 11) is 2.18. The first-order chi connectivity index (χ1) is 9.45. The highest BCUT2D eigenvalue weighted by molar-refractivity contribution is 6.30. The Labute approximate surface area is 127 Å². The van der Waals surface area contributed by atoms with Crippen LogP contribution in [0.1, 0.15) is 25.8 Å². The molecule has 0 spiro atoms. The summed E-state index contributed by atoms with van der Waals surface area (Å²) in [6.45, 7) is 8.79. The van der Waals surface area contributed by atoms with Crippen LogP contribution in [-0.2, 0) is 5.54 Å². The van der Waals surface area contributed by atoms with Gasteiger partial charge in [-0.15, -0.1) is 0 Å². The molecule has 2 rings (SSSR count). The summed E-state index contributed by atoms with van der Waals surface area (Å²) in [6, 6.07) is 8.33. The van der Waals surface area contributed by atoms with Gasteiger partial charge in [0, 0.05) is 37.2 Å². The van der Waals surface area contributed by atoms with Gasteiger partial charge in [0.05, 0.1) is 5.54 Å². The molecule has 1 aliphatic heterocycles. The van der Waals surface area contributed by atoms with Gasteiger partial charge in [0.2, 0.25) is 0 Å². The Kier molecular flexibility index (Phi) is 5.08. The molecule has 0 aromatic heterocycles. The van der Waals surface area contributed by atoms with E-state index < -0.39 is 0 Å². The largest absolute Gasteiger partial charge is 0.320 e. The van der Waals surface area contributed by atoms with Crippen molar-refractivity contribution in [1.29, 1.82) is 0 Å². The van der Waals surface area contributed by atoms with Crippen molar-refractivity contribution in [3.05, 3.63) is 34.9 Å². The highest BCUT2D eigenvalue weighted by atomic mass is 35.5. The van der Waals surface area contributed by atoms with Gasteiger partial charge in [0.15, 0.2) is 0 Å². The molecule has 0 saturated carbocycles. The zero-order chi connectivity index (χ0) is 14.8. The molecule has 3 nitrogen and oxygen atoms in total. The summed E-state index contributed by atoms with van der Waals surface area (Å²) in [6.07, 6.45) is 1.05. The van der Waals surface area contributed by atoms with E-state index in [4.69, 9.17) is 17.3 Å². The lowest BCUT2D eigenvalue weighted by atomic mass is 9.83. The molecule has 2 N–H and O–H groups in total. The number of likely N-dealkylation sites (N-methyl/N-ethyl adjacent to an activating group) is 1. The van der Waals surface area contributed by atoms with Gasteiger partial charge in [-0.3, -0.25) is 4.90 Å². The average Bonchev–Trinajstić information content (AvgIpc) is 2.42. The number of hydrogen-bond acceptors (Lipinski definition) is 3. The van der Waals surface area contributed by atoms with E-state index in [1.54, 1.807) is 0 Å². The standard InChI is InChI=1S/C16H26ClN3/c1-4-15(20-11-9-19(3)10-12-20)16(2,18)13-5-7-14(17)8-6-13/h5-8,15H,4,9-12,18H2,1-3H3. The van der Waals surface area contributed by atoms with Crippen molar-refractivity contribution in [2.24, 2.45) is 5.73 Å². The van der Waals surface area contributed by atoms with Crippen LogP contribution in [0.5, 0.6) is 0 Å². The van der Waals surface area contributed by atoms with Crippen LogP contribution in [-0.4, -0.2) is 49.1 Å². The van der Waals surface area contributed by atoms with Gasteiger partial charge in [0.1, 0.15) is 0 Å². The highest BCUT2D eigenvalue weighted by Crippen LogP contribution is 2.29. The third kappa shape index (κ3) is 3.34. The number of nitrogens with zero attached hydrogens (tertiary/aromatic N) is 2. The minimum Gasteiger partial charge on any atom is -0.320 e. The van der Waals surface area contributed by atoms with E-state index in [0.717, 1.165) is 43.2 Å². The molecule has 1 aliphatic rings. The van der Waals surface area contributed by atoms with Crippen LogP contribution in [0, 0.1) is 0 Å². The lowest BCUT2D eigenvalue weighted by Gasteiger charge is -2.45. The quantitative estimate of drug-likeness (QED) is 0.926. The second-order valence-electron chi connectivity index (χ2n) is 6.05. The molecule has 0 amide bonds. The molecule has 0 bridgehead atoms. The van der Waals surface area contributed by atoms with E-state index in [-0.39, 0.29) is 5.54 Å². The Morgan fingerprint density at radius 2 is 1.75 bits per heavy atom. The van der Waals surface area contributed by atoms with Gasteiger partial charge < -0.3 is 10.6 Å². The zero-order valence-electron chi connectivity index (χ0n) is 12.8. The fourth-order valence-corrected chi connectivity index (χ4v) is 3.32. The maximum Gasteiger partial charge on any atom is 0.0538 e. The molecular formula is C16H26ClN3. The summed E-state index contributed by atoms with van der Waals surface area (Å²) in [5.74, 6) is 0. The molecular weight excluding hydrogens is 270 g/mol. The summed E-state index contributed by atoms with van der Waals surface area (Å²) in [5.41, 5.74) is 7.52. The second-order valence-corrected chi connectivity index (χ2v) is 6.49. The Bertz CT molecular complexity index is 422. The lowest BCUT2D eigenvalue weighted by molar-refractivity contribution is 0.0693. The van der Waals surface area contributed by atoms with Crippen molar-refractivity contribution < 1.29 is 0 Å². The molecule has 2 atom stereocenters. The Morgan fingerprint density at radius 3 is 2.25 bits per heavy atom. The Hall–Kier alpha value is -0.610. The predicted octanol–water partition coefficient (Wildman–Crippen LogP) is 2.54. The van der Waals surface area contributed by atoms with Gasteiger partial charge in [-0.1, -0.05) is 30.7 Å². The van der Waals surface area contributed by atoms with Crippen LogP contribution in [0.25, 0.3) is 0 Å². The molecule has 112 valence electrons. The summed E-state index contributed by atoms with van der Waals surface area (Å²) >= 11 is 5.98.